The third-order valence-corrected chi connectivity index (χ3v) is 4.64. The zero-order chi connectivity index (χ0) is 22.4. The lowest BCUT2D eigenvalue weighted by Crippen LogP contribution is -2.37. The number of amides is 2. The topological polar surface area (TPSA) is 73.2 Å². The number of halogens is 3. The van der Waals surface area contributed by atoms with E-state index in [2.05, 4.69) is 5.32 Å². The summed E-state index contributed by atoms with van der Waals surface area (Å²) >= 11 is 0. The maximum Gasteiger partial charge on any atom is 0.406 e. The highest BCUT2D eigenvalue weighted by atomic mass is 19.4. The molecule has 5 nitrogen and oxygen atoms in total. The molecule has 8 heteroatoms. The standard InChI is InChI=1S/C23H20F3N3O2/c24-23(25,26)15-29(14-18-3-1-17(13-27)2-4-18)21(30)12-7-16-5-8-19(9-6-16)22(31)28-20-10-11-20/h1-9,12,20H,10-11,14-15H2,(H,28,31). The first-order chi connectivity index (χ1) is 14.7. The van der Waals surface area contributed by atoms with Gasteiger partial charge in [0.25, 0.3) is 5.91 Å². The van der Waals surface area contributed by atoms with Crippen LogP contribution in [0.2, 0.25) is 0 Å². The number of hydrogen-bond acceptors (Lipinski definition) is 3. The van der Waals surface area contributed by atoms with Crippen LogP contribution in [0.15, 0.2) is 54.6 Å². The van der Waals surface area contributed by atoms with Gasteiger partial charge in [-0.05, 0) is 54.3 Å². The first kappa shape index (κ1) is 22.1. The molecule has 0 aliphatic heterocycles. The van der Waals surface area contributed by atoms with Gasteiger partial charge in [-0.15, -0.1) is 0 Å². The average Bonchev–Trinajstić information content (AvgIpc) is 3.55. The lowest BCUT2D eigenvalue weighted by atomic mass is 10.1. The van der Waals surface area contributed by atoms with E-state index < -0.39 is 18.6 Å². The predicted molar refractivity (Wildman–Crippen MR) is 109 cm³/mol. The molecule has 160 valence electrons. The van der Waals surface area contributed by atoms with E-state index >= 15 is 0 Å². The summed E-state index contributed by atoms with van der Waals surface area (Å²) in [6.45, 7) is -1.63. The molecule has 3 rings (SSSR count). The largest absolute Gasteiger partial charge is 0.406 e. The molecule has 0 bridgehead atoms. The minimum atomic E-state index is -4.55. The van der Waals surface area contributed by atoms with Crippen LogP contribution in [-0.2, 0) is 11.3 Å². The summed E-state index contributed by atoms with van der Waals surface area (Å²) in [7, 11) is 0. The van der Waals surface area contributed by atoms with Gasteiger partial charge in [0.15, 0.2) is 0 Å². The van der Waals surface area contributed by atoms with E-state index in [0.717, 1.165) is 18.9 Å². The number of carbonyl (C=O) groups excluding carboxylic acids is 2. The number of alkyl halides is 3. The second-order valence-corrected chi connectivity index (χ2v) is 7.32. The highest BCUT2D eigenvalue weighted by molar-refractivity contribution is 5.95. The zero-order valence-electron chi connectivity index (χ0n) is 16.5. The molecule has 0 saturated heterocycles. The van der Waals surface area contributed by atoms with Crippen LogP contribution in [0, 0.1) is 11.3 Å². The molecule has 0 heterocycles. The lowest BCUT2D eigenvalue weighted by Gasteiger charge is -2.23. The second kappa shape index (κ2) is 9.47. The molecule has 1 aliphatic rings. The summed E-state index contributed by atoms with van der Waals surface area (Å²) in [4.78, 5) is 25.1. The monoisotopic (exact) mass is 427 g/mol. The summed E-state index contributed by atoms with van der Waals surface area (Å²) in [5.41, 5.74) is 1.93. The third-order valence-electron chi connectivity index (χ3n) is 4.64. The molecule has 1 aliphatic carbocycles. The van der Waals surface area contributed by atoms with Crippen molar-refractivity contribution in [3.63, 3.8) is 0 Å². The second-order valence-electron chi connectivity index (χ2n) is 7.32. The van der Waals surface area contributed by atoms with Gasteiger partial charge in [-0.1, -0.05) is 24.3 Å². The maximum absolute atomic E-state index is 13.0. The number of carbonyl (C=O) groups is 2. The number of nitrogens with zero attached hydrogens (tertiary/aromatic N) is 2. The van der Waals surface area contributed by atoms with Crippen molar-refractivity contribution in [1.29, 1.82) is 5.26 Å². The first-order valence-electron chi connectivity index (χ1n) is 9.67. The minimum Gasteiger partial charge on any atom is -0.349 e. The summed E-state index contributed by atoms with van der Waals surface area (Å²) < 4.78 is 38.9. The quantitative estimate of drug-likeness (QED) is 0.678. The van der Waals surface area contributed by atoms with E-state index in [-0.39, 0.29) is 18.5 Å². The third kappa shape index (κ3) is 7.00. The van der Waals surface area contributed by atoms with Crippen molar-refractivity contribution in [3.05, 3.63) is 76.9 Å². The van der Waals surface area contributed by atoms with E-state index in [9.17, 15) is 22.8 Å². The Morgan fingerprint density at radius 3 is 2.29 bits per heavy atom. The van der Waals surface area contributed by atoms with Crippen LogP contribution in [0.3, 0.4) is 0 Å². The van der Waals surface area contributed by atoms with Crippen molar-refractivity contribution in [2.24, 2.45) is 0 Å². The van der Waals surface area contributed by atoms with E-state index in [4.69, 9.17) is 5.26 Å². The van der Waals surface area contributed by atoms with Crippen LogP contribution in [0.1, 0.15) is 39.9 Å². The van der Waals surface area contributed by atoms with Crippen molar-refractivity contribution < 1.29 is 22.8 Å². The van der Waals surface area contributed by atoms with E-state index in [1.54, 1.807) is 24.3 Å². The van der Waals surface area contributed by atoms with E-state index in [1.165, 1.54) is 30.3 Å². The summed E-state index contributed by atoms with van der Waals surface area (Å²) in [5, 5.41) is 11.7. The van der Waals surface area contributed by atoms with Crippen molar-refractivity contribution in [3.8, 4) is 6.07 Å². The molecule has 0 radical (unpaired) electrons. The normalized spacial score (nSPS) is 13.6. The minimum absolute atomic E-state index is 0.173. The van der Waals surface area contributed by atoms with Gasteiger partial charge in [-0.25, -0.2) is 0 Å². The highest BCUT2D eigenvalue weighted by Gasteiger charge is 2.32. The summed E-state index contributed by atoms with van der Waals surface area (Å²) in [6.07, 6.45) is -0.106. The summed E-state index contributed by atoms with van der Waals surface area (Å²) in [5.74, 6) is -0.967. The fourth-order valence-electron chi connectivity index (χ4n) is 2.85. The Hall–Kier alpha value is -3.60. The van der Waals surface area contributed by atoms with Gasteiger partial charge in [0.2, 0.25) is 5.91 Å². The van der Waals surface area contributed by atoms with Crippen molar-refractivity contribution >= 4 is 17.9 Å². The number of benzene rings is 2. The molecular formula is C23H20F3N3O2. The zero-order valence-corrected chi connectivity index (χ0v) is 16.5. The lowest BCUT2D eigenvalue weighted by molar-refractivity contribution is -0.159. The van der Waals surface area contributed by atoms with Gasteiger partial charge in [-0.3, -0.25) is 9.59 Å². The van der Waals surface area contributed by atoms with Gasteiger partial charge in [-0.2, -0.15) is 18.4 Å². The Morgan fingerprint density at radius 1 is 1.10 bits per heavy atom. The Kier molecular flexibility index (Phi) is 6.75. The van der Waals surface area contributed by atoms with E-state index in [0.29, 0.717) is 27.2 Å². The van der Waals surface area contributed by atoms with Gasteiger partial charge in [0.1, 0.15) is 6.54 Å². The molecule has 1 N–H and O–H groups in total. The fourth-order valence-corrected chi connectivity index (χ4v) is 2.85. The number of nitriles is 1. The van der Waals surface area contributed by atoms with E-state index in [1.807, 2.05) is 6.07 Å². The van der Waals surface area contributed by atoms with Crippen LogP contribution >= 0.6 is 0 Å². The van der Waals surface area contributed by atoms with Crippen molar-refractivity contribution in [2.45, 2.75) is 31.6 Å². The predicted octanol–water partition coefficient (Wildman–Crippen LogP) is 4.05. The van der Waals surface area contributed by atoms with Crippen LogP contribution in [-0.4, -0.2) is 35.5 Å². The first-order valence-corrected chi connectivity index (χ1v) is 9.67. The molecule has 2 aromatic rings. The highest BCUT2D eigenvalue weighted by Crippen LogP contribution is 2.20. The number of rotatable bonds is 7. The van der Waals surface area contributed by atoms with Gasteiger partial charge < -0.3 is 10.2 Å². The number of hydrogen-bond donors (Lipinski definition) is 1. The number of nitrogens with one attached hydrogen (secondary N) is 1. The van der Waals surface area contributed by atoms with Crippen molar-refractivity contribution in [1.82, 2.24) is 10.2 Å². The van der Waals surface area contributed by atoms with Gasteiger partial charge in [0.05, 0.1) is 11.6 Å². The van der Waals surface area contributed by atoms with Crippen LogP contribution in [0.4, 0.5) is 13.2 Å². The molecule has 2 amide bonds. The molecule has 0 spiro atoms. The van der Waals surface area contributed by atoms with Gasteiger partial charge >= 0.3 is 6.18 Å². The van der Waals surface area contributed by atoms with Crippen molar-refractivity contribution in [2.75, 3.05) is 6.54 Å². The summed E-state index contributed by atoms with van der Waals surface area (Å²) in [6, 6.07) is 14.6. The molecule has 1 saturated carbocycles. The Morgan fingerprint density at radius 2 is 1.74 bits per heavy atom. The Bertz CT molecular complexity index is 1000. The Labute approximate surface area is 177 Å². The van der Waals surface area contributed by atoms with Crippen LogP contribution in [0.25, 0.3) is 6.08 Å². The molecule has 0 aromatic heterocycles. The fraction of sp³-hybridized carbons (Fsp3) is 0.261. The van der Waals surface area contributed by atoms with Gasteiger partial charge in [0, 0.05) is 24.2 Å². The smallest absolute Gasteiger partial charge is 0.349 e. The SMILES string of the molecule is N#Cc1ccc(CN(CC(F)(F)F)C(=O)C=Cc2ccc(C(=O)NC3CC3)cc2)cc1. The molecule has 0 atom stereocenters. The average molecular weight is 427 g/mol. The molecule has 1 fully saturated rings. The maximum atomic E-state index is 13.0. The molecular weight excluding hydrogens is 407 g/mol. The Balaban J connectivity index is 1.67. The molecule has 2 aromatic carbocycles. The van der Waals surface area contributed by atoms with Crippen LogP contribution < -0.4 is 5.32 Å². The molecule has 31 heavy (non-hydrogen) atoms. The molecule has 0 unspecified atom stereocenters. The van der Waals surface area contributed by atoms with Crippen LogP contribution in [0.5, 0.6) is 0 Å².